The normalized spacial score (nSPS) is 11.9. The largest absolute Gasteiger partial charge is 0.236 e. The third-order valence-electron chi connectivity index (χ3n) is 9.14. The van der Waals surface area contributed by atoms with Crippen LogP contribution in [0.15, 0.2) is 146 Å². The fourth-order valence-electron chi connectivity index (χ4n) is 6.77. The number of nitrogens with zero attached hydrogens (tertiary/aromatic N) is 2. The summed E-state index contributed by atoms with van der Waals surface area (Å²) in [5.41, 5.74) is 5.59. The quantitative estimate of drug-likeness (QED) is 0.196. The van der Waals surface area contributed by atoms with E-state index >= 15 is 0 Å². The molecule has 214 valence electrons. The molecule has 3 aromatic heterocycles. The minimum atomic E-state index is 0.739. The molecule has 0 aliphatic heterocycles. The van der Waals surface area contributed by atoms with Gasteiger partial charge in [-0.05, 0) is 79.3 Å². The van der Waals surface area contributed by atoms with Gasteiger partial charge in [-0.2, -0.15) is 0 Å². The van der Waals surface area contributed by atoms with E-state index in [1.165, 1.54) is 73.0 Å². The highest BCUT2D eigenvalue weighted by atomic mass is 32.1. The van der Waals surface area contributed by atoms with Gasteiger partial charge in [0.15, 0.2) is 5.82 Å². The van der Waals surface area contributed by atoms with Gasteiger partial charge in [0.2, 0.25) is 0 Å². The van der Waals surface area contributed by atoms with Crippen LogP contribution < -0.4 is 0 Å². The monoisotopic (exact) mass is 620 g/mol. The number of aromatic nitrogens is 2. The van der Waals surface area contributed by atoms with Gasteiger partial charge in [0, 0.05) is 43.7 Å². The molecule has 0 unspecified atom stereocenters. The molecular weight excluding hydrogens is 597 g/mol. The highest BCUT2D eigenvalue weighted by Gasteiger charge is 2.15. The van der Waals surface area contributed by atoms with Crippen molar-refractivity contribution in [3.63, 3.8) is 0 Å². The van der Waals surface area contributed by atoms with E-state index in [-0.39, 0.29) is 0 Å². The molecule has 2 nitrogen and oxygen atoms in total. The first-order valence-electron chi connectivity index (χ1n) is 15.4. The molecule has 4 heteroatoms. The number of hydrogen-bond acceptors (Lipinski definition) is 4. The fourth-order valence-corrected chi connectivity index (χ4v) is 9.47. The Balaban J connectivity index is 0.976. The molecule has 0 fully saturated rings. The summed E-state index contributed by atoms with van der Waals surface area (Å²) >= 11 is 3.81. The average molecular weight is 621 g/mol. The zero-order chi connectivity index (χ0) is 30.2. The molecule has 0 bridgehead atoms. The van der Waals surface area contributed by atoms with Gasteiger partial charge in [0.1, 0.15) is 0 Å². The number of benzene rings is 7. The Kier molecular flexibility index (Phi) is 5.65. The topological polar surface area (TPSA) is 25.8 Å². The zero-order valence-electron chi connectivity index (χ0n) is 24.6. The molecular formula is C42H24N2S2. The van der Waals surface area contributed by atoms with Gasteiger partial charge >= 0.3 is 0 Å². The van der Waals surface area contributed by atoms with E-state index in [0.29, 0.717) is 0 Å². The Labute approximate surface area is 272 Å². The molecule has 3 heterocycles. The minimum Gasteiger partial charge on any atom is -0.236 e. The average Bonchev–Trinajstić information content (AvgIpc) is 3.64. The summed E-state index contributed by atoms with van der Waals surface area (Å²) in [6.07, 6.45) is 3.87. The Morgan fingerprint density at radius 2 is 0.935 bits per heavy atom. The molecule has 0 saturated carbocycles. The first-order valence-corrected chi connectivity index (χ1v) is 17.0. The fraction of sp³-hybridized carbons (Fsp3) is 0. The molecule has 46 heavy (non-hydrogen) atoms. The number of thiophene rings is 2. The van der Waals surface area contributed by atoms with Crippen molar-refractivity contribution < 1.29 is 0 Å². The maximum atomic E-state index is 4.79. The van der Waals surface area contributed by atoms with E-state index in [0.717, 1.165) is 22.5 Å². The first kappa shape index (κ1) is 25.9. The minimum absolute atomic E-state index is 0.739. The van der Waals surface area contributed by atoms with E-state index in [2.05, 4.69) is 133 Å². The van der Waals surface area contributed by atoms with Crippen LogP contribution >= 0.6 is 22.7 Å². The summed E-state index contributed by atoms with van der Waals surface area (Å²) in [5, 5.41) is 10.3. The summed E-state index contributed by atoms with van der Waals surface area (Å²) in [6, 6.07) is 48.3. The third-order valence-corrected chi connectivity index (χ3v) is 11.6. The van der Waals surface area contributed by atoms with Gasteiger partial charge in [-0.1, -0.05) is 103 Å². The van der Waals surface area contributed by atoms with Crippen molar-refractivity contribution in [1.82, 2.24) is 9.97 Å². The van der Waals surface area contributed by atoms with Crippen molar-refractivity contribution in [2.45, 2.75) is 0 Å². The zero-order valence-corrected chi connectivity index (χ0v) is 26.2. The maximum Gasteiger partial charge on any atom is 0.159 e. The first-order chi connectivity index (χ1) is 22.7. The lowest BCUT2D eigenvalue weighted by Crippen LogP contribution is -1.90. The molecule has 7 aromatic carbocycles. The van der Waals surface area contributed by atoms with Crippen molar-refractivity contribution in [2.24, 2.45) is 0 Å². The van der Waals surface area contributed by atoms with Crippen LogP contribution in [0.2, 0.25) is 0 Å². The lowest BCUT2D eigenvalue weighted by molar-refractivity contribution is 1.18. The van der Waals surface area contributed by atoms with Crippen LogP contribution in [0, 0.1) is 0 Å². The van der Waals surface area contributed by atoms with Gasteiger partial charge in [-0.15, -0.1) is 22.7 Å². The van der Waals surface area contributed by atoms with E-state index in [9.17, 15) is 0 Å². The van der Waals surface area contributed by atoms with Gasteiger partial charge in [0.05, 0.1) is 9.40 Å². The van der Waals surface area contributed by atoms with Gasteiger partial charge in [-0.3, -0.25) is 0 Å². The van der Waals surface area contributed by atoms with E-state index < -0.39 is 0 Å². The summed E-state index contributed by atoms with van der Waals surface area (Å²) in [5.74, 6) is 0.739. The Morgan fingerprint density at radius 3 is 1.67 bits per heavy atom. The predicted molar refractivity (Wildman–Crippen MR) is 199 cm³/mol. The van der Waals surface area contributed by atoms with E-state index in [1.807, 2.05) is 35.1 Å². The maximum absolute atomic E-state index is 4.79. The van der Waals surface area contributed by atoms with Crippen LogP contribution in [0.25, 0.3) is 95.5 Å². The third kappa shape index (κ3) is 4.08. The molecule has 0 amide bonds. The van der Waals surface area contributed by atoms with Crippen LogP contribution in [0.1, 0.15) is 0 Å². The van der Waals surface area contributed by atoms with E-state index in [1.54, 1.807) is 0 Å². The van der Waals surface area contributed by atoms with Crippen LogP contribution in [-0.2, 0) is 0 Å². The molecule has 10 rings (SSSR count). The van der Waals surface area contributed by atoms with Gasteiger partial charge < -0.3 is 0 Å². The predicted octanol–water partition coefficient (Wildman–Crippen LogP) is 12.5. The highest BCUT2D eigenvalue weighted by Crippen LogP contribution is 2.46. The van der Waals surface area contributed by atoms with Crippen molar-refractivity contribution in [3.8, 4) is 33.6 Å². The summed E-state index contributed by atoms with van der Waals surface area (Å²) in [6.45, 7) is 0. The molecule has 0 N–H and O–H groups in total. The number of hydrogen-bond donors (Lipinski definition) is 0. The van der Waals surface area contributed by atoms with Crippen molar-refractivity contribution in [1.29, 1.82) is 0 Å². The second-order valence-electron chi connectivity index (χ2n) is 11.9. The Bertz CT molecular complexity index is 2780. The standard InChI is InChI=1S/C42H24N2S2/c1-2-8-29-21-38-36(19-28(29)7-1)40-41(45-38)37-20-30-16-17-31(18-32(30)22-39(37)46-40)42-43-23-33(24-44-42)25-12-14-27(15-13-25)35-11-5-9-26-6-3-4-10-34(26)35/h1-24H. The van der Waals surface area contributed by atoms with Crippen molar-refractivity contribution in [2.75, 3.05) is 0 Å². The highest BCUT2D eigenvalue weighted by molar-refractivity contribution is 7.36. The Hall–Kier alpha value is -5.42. The molecule has 10 aromatic rings. The molecule has 0 aliphatic carbocycles. The summed E-state index contributed by atoms with van der Waals surface area (Å²) in [7, 11) is 0. The molecule has 0 radical (unpaired) electrons. The number of fused-ring (bicyclic) bond motifs is 8. The molecule has 0 saturated heterocycles. The second-order valence-corrected chi connectivity index (χ2v) is 14.0. The van der Waals surface area contributed by atoms with Gasteiger partial charge in [0.25, 0.3) is 0 Å². The smallest absolute Gasteiger partial charge is 0.159 e. The lowest BCUT2D eigenvalue weighted by atomic mass is 9.97. The molecule has 0 spiro atoms. The van der Waals surface area contributed by atoms with Crippen LogP contribution in [0.3, 0.4) is 0 Å². The molecule has 0 atom stereocenters. The van der Waals surface area contributed by atoms with E-state index in [4.69, 9.17) is 9.97 Å². The van der Waals surface area contributed by atoms with Crippen LogP contribution in [0.4, 0.5) is 0 Å². The van der Waals surface area contributed by atoms with Crippen LogP contribution in [-0.4, -0.2) is 9.97 Å². The number of rotatable bonds is 3. The van der Waals surface area contributed by atoms with Crippen LogP contribution in [0.5, 0.6) is 0 Å². The summed E-state index contributed by atoms with van der Waals surface area (Å²) in [4.78, 5) is 9.59. The van der Waals surface area contributed by atoms with Gasteiger partial charge in [-0.25, -0.2) is 9.97 Å². The lowest BCUT2D eigenvalue weighted by Gasteiger charge is -2.09. The SMILES string of the molecule is c1ccc2cc3c(cc2c1)sc1c2cc4ccc(-c5ncc(-c6ccc(-c7cccc8ccccc78)cc6)cn5)cc4cc2sc31. The Morgan fingerprint density at radius 1 is 0.370 bits per heavy atom. The summed E-state index contributed by atoms with van der Waals surface area (Å²) < 4.78 is 5.46. The second kappa shape index (κ2) is 10.0. The van der Waals surface area contributed by atoms with Crippen molar-refractivity contribution in [3.05, 3.63) is 146 Å². The van der Waals surface area contributed by atoms with Crippen molar-refractivity contribution >= 4 is 84.6 Å². The molecule has 0 aliphatic rings.